The van der Waals surface area contributed by atoms with Crippen LogP contribution in [-0.2, 0) is 16.3 Å². The summed E-state index contributed by atoms with van der Waals surface area (Å²) < 4.78 is 23.0. The minimum absolute atomic E-state index is 0.0743. The Bertz CT molecular complexity index is 579. The maximum absolute atomic E-state index is 11.5. The maximum Gasteiger partial charge on any atom is 0.151 e. The molecule has 1 aromatic rings. The molecule has 0 N–H and O–H groups in total. The molecule has 6 heteroatoms. The third-order valence-corrected chi connectivity index (χ3v) is 5.17. The van der Waals surface area contributed by atoms with E-state index >= 15 is 0 Å². The van der Waals surface area contributed by atoms with E-state index < -0.39 is 15.3 Å². The Hall–Kier alpha value is -1.12. The molecular weight excluding hydrogens is 260 g/mol. The molecule has 1 saturated heterocycles. The Morgan fingerprint density at radius 2 is 2.35 bits per heavy atom. The monoisotopic (exact) mass is 270 g/mol. The first-order chi connectivity index (χ1) is 7.96. The molecule has 1 atom stereocenters. The van der Waals surface area contributed by atoms with Gasteiger partial charge in [0.25, 0.3) is 0 Å². The first-order valence-corrected chi connectivity index (χ1v) is 7.36. The summed E-state index contributed by atoms with van der Waals surface area (Å²) in [5.41, 5.74) is -0.0515. The van der Waals surface area contributed by atoms with Gasteiger partial charge in [0.2, 0.25) is 0 Å². The van der Waals surface area contributed by atoms with Crippen LogP contribution < -0.4 is 0 Å². The number of aromatic nitrogens is 1. The summed E-state index contributed by atoms with van der Waals surface area (Å²) in [7, 11) is -3.08. The summed E-state index contributed by atoms with van der Waals surface area (Å²) in [5, 5.41) is 9.71. The van der Waals surface area contributed by atoms with Gasteiger partial charge in [-0.3, -0.25) is 4.98 Å². The molecule has 1 aliphatic rings. The number of nitrogens with zero attached hydrogens (tertiary/aromatic N) is 2. The Kier molecular flexibility index (Phi) is 3.11. The number of halogens is 1. The van der Waals surface area contributed by atoms with Crippen molar-refractivity contribution in [2.75, 3.05) is 11.5 Å². The minimum atomic E-state index is -3.08. The highest BCUT2D eigenvalue weighted by atomic mass is 35.5. The van der Waals surface area contributed by atoms with E-state index in [-0.39, 0.29) is 11.5 Å². The Labute approximate surface area is 105 Å². The van der Waals surface area contributed by atoms with Gasteiger partial charge in [0.05, 0.1) is 28.0 Å². The van der Waals surface area contributed by atoms with Crippen LogP contribution >= 0.6 is 11.6 Å². The number of rotatable bonds is 2. The predicted molar refractivity (Wildman–Crippen MR) is 64.3 cm³/mol. The number of sulfone groups is 1. The van der Waals surface area contributed by atoms with E-state index in [0.717, 1.165) is 5.56 Å². The highest BCUT2D eigenvalue weighted by Crippen LogP contribution is 2.36. The van der Waals surface area contributed by atoms with E-state index in [1.807, 2.05) is 0 Å². The van der Waals surface area contributed by atoms with E-state index in [9.17, 15) is 13.7 Å². The lowest BCUT2D eigenvalue weighted by molar-refractivity contribution is 0.451. The van der Waals surface area contributed by atoms with E-state index in [4.69, 9.17) is 11.6 Å². The first kappa shape index (κ1) is 12.3. The largest absolute Gasteiger partial charge is 0.263 e. The van der Waals surface area contributed by atoms with Gasteiger partial charge >= 0.3 is 0 Å². The average Bonchev–Trinajstić information content (AvgIpc) is 2.59. The quantitative estimate of drug-likeness (QED) is 0.818. The molecule has 1 aromatic heterocycles. The van der Waals surface area contributed by atoms with Crippen LogP contribution in [-0.4, -0.2) is 24.9 Å². The van der Waals surface area contributed by atoms with Crippen LogP contribution in [0, 0.1) is 16.7 Å². The molecule has 1 unspecified atom stereocenters. The molecule has 17 heavy (non-hydrogen) atoms. The second-order valence-corrected chi connectivity index (χ2v) is 6.97. The third-order valence-electron chi connectivity index (χ3n) is 3.01. The maximum atomic E-state index is 11.5. The lowest BCUT2D eigenvalue weighted by Crippen LogP contribution is -2.23. The zero-order chi connectivity index (χ0) is 12.5. The average molecular weight is 271 g/mol. The lowest BCUT2D eigenvalue weighted by Gasteiger charge is -2.18. The smallest absolute Gasteiger partial charge is 0.151 e. The van der Waals surface area contributed by atoms with Gasteiger partial charge in [0.15, 0.2) is 9.84 Å². The molecule has 0 radical (unpaired) electrons. The van der Waals surface area contributed by atoms with Crippen molar-refractivity contribution >= 4 is 21.4 Å². The van der Waals surface area contributed by atoms with Gasteiger partial charge < -0.3 is 0 Å². The van der Waals surface area contributed by atoms with Crippen molar-refractivity contribution in [1.82, 2.24) is 4.98 Å². The van der Waals surface area contributed by atoms with Gasteiger partial charge in [-0.05, 0) is 24.5 Å². The van der Waals surface area contributed by atoms with Crippen molar-refractivity contribution in [3.8, 4) is 6.07 Å². The second-order valence-electron chi connectivity index (χ2n) is 4.38. The van der Waals surface area contributed by atoms with Gasteiger partial charge in [-0.15, -0.1) is 0 Å². The zero-order valence-electron chi connectivity index (χ0n) is 9.06. The summed E-state index contributed by atoms with van der Waals surface area (Å²) in [6, 6.07) is 3.88. The van der Waals surface area contributed by atoms with Gasteiger partial charge in [-0.1, -0.05) is 11.6 Å². The molecular formula is C11H11ClN2O2S. The Morgan fingerprint density at radius 3 is 2.88 bits per heavy atom. The van der Waals surface area contributed by atoms with E-state index in [0.29, 0.717) is 17.9 Å². The molecule has 90 valence electrons. The van der Waals surface area contributed by atoms with Gasteiger partial charge in [0, 0.05) is 12.4 Å². The normalized spacial score (nSPS) is 26.6. The second kappa shape index (κ2) is 4.28. The van der Waals surface area contributed by atoms with Crippen LogP contribution in [0.15, 0.2) is 18.5 Å². The summed E-state index contributed by atoms with van der Waals surface area (Å²) in [6.07, 6.45) is 3.84. The molecule has 4 nitrogen and oxygen atoms in total. The molecule has 1 fully saturated rings. The lowest BCUT2D eigenvalue weighted by atomic mass is 9.83. The summed E-state index contributed by atoms with van der Waals surface area (Å²) in [5.74, 6) is 0.0123. The Morgan fingerprint density at radius 1 is 1.59 bits per heavy atom. The Balaban J connectivity index is 2.29. The third kappa shape index (κ3) is 2.59. The van der Waals surface area contributed by atoms with Crippen molar-refractivity contribution in [3.05, 3.63) is 29.0 Å². The fourth-order valence-corrected chi connectivity index (χ4v) is 4.28. The predicted octanol–water partition coefficient (Wildman–Crippen LogP) is 1.61. The van der Waals surface area contributed by atoms with Crippen LogP contribution in [0.5, 0.6) is 0 Å². The highest BCUT2D eigenvalue weighted by molar-refractivity contribution is 7.91. The van der Waals surface area contributed by atoms with Crippen LogP contribution in [0.4, 0.5) is 0 Å². The highest BCUT2D eigenvalue weighted by Gasteiger charge is 2.42. The number of hydrogen-bond donors (Lipinski definition) is 0. The SMILES string of the molecule is N#CC1(Cc2ccncc2Cl)CCS(=O)(=O)C1. The number of nitriles is 1. The molecule has 1 aliphatic heterocycles. The van der Waals surface area contributed by atoms with Crippen molar-refractivity contribution in [3.63, 3.8) is 0 Å². The summed E-state index contributed by atoms with van der Waals surface area (Å²) >= 11 is 5.97. The molecule has 0 saturated carbocycles. The van der Waals surface area contributed by atoms with Crippen molar-refractivity contribution < 1.29 is 8.42 Å². The summed E-state index contributed by atoms with van der Waals surface area (Å²) in [4.78, 5) is 3.86. The van der Waals surface area contributed by atoms with Gasteiger partial charge in [-0.25, -0.2) is 8.42 Å². The molecule has 0 aliphatic carbocycles. The van der Waals surface area contributed by atoms with Crippen LogP contribution in [0.3, 0.4) is 0 Å². The fraction of sp³-hybridized carbons (Fsp3) is 0.455. The number of pyridine rings is 1. The first-order valence-electron chi connectivity index (χ1n) is 5.16. The molecule has 0 aromatic carbocycles. The topological polar surface area (TPSA) is 70.8 Å². The molecule has 2 heterocycles. The van der Waals surface area contributed by atoms with Crippen LogP contribution in [0.2, 0.25) is 5.02 Å². The van der Waals surface area contributed by atoms with Gasteiger partial charge in [0.1, 0.15) is 0 Å². The van der Waals surface area contributed by atoms with E-state index in [2.05, 4.69) is 11.1 Å². The standard InChI is InChI=1S/C11H11ClN2O2S/c12-10-6-14-3-1-9(10)5-11(7-13)2-4-17(15,16)8-11/h1,3,6H,2,4-5,8H2. The number of hydrogen-bond acceptors (Lipinski definition) is 4. The zero-order valence-corrected chi connectivity index (χ0v) is 10.6. The summed E-state index contributed by atoms with van der Waals surface area (Å²) in [6.45, 7) is 0. The van der Waals surface area contributed by atoms with Crippen LogP contribution in [0.1, 0.15) is 12.0 Å². The molecule has 0 amide bonds. The fourth-order valence-electron chi connectivity index (χ4n) is 2.10. The van der Waals surface area contributed by atoms with E-state index in [1.165, 1.54) is 6.20 Å². The molecule has 0 spiro atoms. The minimum Gasteiger partial charge on any atom is -0.263 e. The van der Waals surface area contributed by atoms with Crippen molar-refractivity contribution in [2.45, 2.75) is 12.8 Å². The van der Waals surface area contributed by atoms with Crippen LogP contribution in [0.25, 0.3) is 0 Å². The molecule has 0 bridgehead atoms. The van der Waals surface area contributed by atoms with Crippen molar-refractivity contribution in [1.29, 1.82) is 5.26 Å². The van der Waals surface area contributed by atoms with E-state index in [1.54, 1.807) is 12.3 Å². The molecule has 2 rings (SSSR count). The van der Waals surface area contributed by atoms with Crippen molar-refractivity contribution in [2.24, 2.45) is 5.41 Å². The van der Waals surface area contributed by atoms with Gasteiger partial charge in [-0.2, -0.15) is 5.26 Å².